The number of benzene rings is 2. The summed E-state index contributed by atoms with van der Waals surface area (Å²) in [4.78, 5) is 30.3. The Hall–Kier alpha value is -2.34. The van der Waals surface area contributed by atoms with Crippen molar-refractivity contribution in [1.82, 2.24) is 4.83 Å². The lowest BCUT2D eigenvalue weighted by Crippen LogP contribution is -2.37. The van der Waals surface area contributed by atoms with Crippen molar-refractivity contribution in [2.45, 2.75) is 32.4 Å². The molecule has 2 unspecified atom stereocenters. The van der Waals surface area contributed by atoms with Crippen LogP contribution in [0.15, 0.2) is 60.7 Å². The number of hydrogen-bond donors (Lipinski definition) is 0. The number of para-hydroxylation sites is 1. The quantitative estimate of drug-likeness (QED) is 0.222. The zero-order chi connectivity index (χ0) is 21.1. The number of halogens is 1. The maximum absolute atomic E-state index is 12.2. The van der Waals surface area contributed by atoms with Gasteiger partial charge in [0, 0.05) is 6.42 Å². The molecule has 0 aliphatic rings. The second kappa shape index (κ2) is 12.3. The first-order chi connectivity index (χ1) is 14.0. The molecule has 0 fully saturated rings. The van der Waals surface area contributed by atoms with E-state index in [0.717, 1.165) is 10.4 Å². The van der Waals surface area contributed by atoms with E-state index in [9.17, 15) is 14.2 Å². The summed E-state index contributed by atoms with van der Waals surface area (Å²) in [6.45, 7) is 1.70. The summed E-state index contributed by atoms with van der Waals surface area (Å²) < 4.78 is 22.1. The smallest absolute Gasteiger partial charge is 0.327 e. The minimum atomic E-state index is -2.83. The monoisotopic (exact) mass is 439 g/mol. The van der Waals surface area contributed by atoms with Crippen LogP contribution in [-0.4, -0.2) is 29.4 Å². The SMILES string of the molecule is CC(C(=O)OCCCC(=O)OCc1ccccc1)N(Oc1ccccc1)[PH](=O)Cl. The van der Waals surface area contributed by atoms with Crippen molar-refractivity contribution < 1.29 is 28.5 Å². The van der Waals surface area contributed by atoms with Crippen LogP contribution >= 0.6 is 18.5 Å². The normalized spacial score (nSPS) is 12.8. The molecule has 0 N–H and O–H groups in total. The van der Waals surface area contributed by atoms with Gasteiger partial charge in [-0.3, -0.25) is 14.2 Å². The second-order valence-electron chi connectivity index (χ2n) is 6.08. The number of rotatable bonds is 11. The van der Waals surface area contributed by atoms with Gasteiger partial charge in [0.25, 0.3) is 7.30 Å². The van der Waals surface area contributed by atoms with E-state index in [-0.39, 0.29) is 25.6 Å². The molecule has 2 atom stereocenters. The molecule has 0 amide bonds. The third kappa shape index (κ3) is 8.28. The molecule has 7 nitrogen and oxygen atoms in total. The van der Waals surface area contributed by atoms with E-state index < -0.39 is 19.3 Å². The largest absolute Gasteiger partial charge is 0.464 e. The van der Waals surface area contributed by atoms with Gasteiger partial charge >= 0.3 is 11.9 Å². The Morgan fingerprint density at radius 2 is 1.66 bits per heavy atom. The average molecular weight is 440 g/mol. The van der Waals surface area contributed by atoms with Crippen LogP contribution in [0.5, 0.6) is 5.75 Å². The molecule has 2 rings (SSSR count). The average Bonchev–Trinajstić information content (AvgIpc) is 2.74. The van der Waals surface area contributed by atoms with Gasteiger partial charge in [-0.1, -0.05) is 53.4 Å². The highest BCUT2D eigenvalue weighted by atomic mass is 35.7. The van der Waals surface area contributed by atoms with Crippen LogP contribution in [0.1, 0.15) is 25.3 Å². The Morgan fingerprint density at radius 1 is 1.03 bits per heavy atom. The third-order valence-corrected chi connectivity index (χ3v) is 5.15. The minimum absolute atomic E-state index is 0.0198. The number of esters is 2. The van der Waals surface area contributed by atoms with E-state index >= 15 is 0 Å². The lowest BCUT2D eigenvalue weighted by Gasteiger charge is -2.24. The molecule has 0 aromatic heterocycles. The van der Waals surface area contributed by atoms with E-state index in [1.807, 2.05) is 30.3 Å². The van der Waals surface area contributed by atoms with E-state index in [4.69, 9.17) is 25.6 Å². The van der Waals surface area contributed by atoms with Gasteiger partial charge in [-0.05, 0) is 42.3 Å². The van der Waals surface area contributed by atoms with Gasteiger partial charge in [0.1, 0.15) is 18.4 Å². The molecule has 0 saturated heterocycles. The fourth-order valence-electron chi connectivity index (χ4n) is 2.28. The fourth-order valence-corrected chi connectivity index (χ4v) is 3.41. The lowest BCUT2D eigenvalue weighted by atomic mass is 10.2. The molecule has 9 heteroatoms. The number of hydroxylamine groups is 1. The Labute approximate surface area is 175 Å². The highest BCUT2D eigenvalue weighted by Gasteiger charge is 2.28. The van der Waals surface area contributed by atoms with Gasteiger partial charge < -0.3 is 14.3 Å². The van der Waals surface area contributed by atoms with Crippen molar-refractivity contribution >= 4 is 30.5 Å². The molecule has 2 aromatic rings. The van der Waals surface area contributed by atoms with E-state index in [2.05, 4.69) is 0 Å². The standard InChI is InChI=1S/C20H23ClNO6P/c1-16(22(29(21)25)28-18-11-6-3-7-12-18)20(24)26-14-8-13-19(23)27-15-17-9-4-2-5-10-17/h2-7,9-12,16,29H,8,13-15H2,1H3. The Kier molecular flexibility index (Phi) is 9.71. The van der Waals surface area contributed by atoms with Crippen molar-refractivity contribution in [3.63, 3.8) is 0 Å². The zero-order valence-electron chi connectivity index (χ0n) is 16.0. The first-order valence-corrected chi connectivity index (χ1v) is 11.4. The van der Waals surface area contributed by atoms with Crippen LogP contribution in [0.3, 0.4) is 0 Å². The van der Waals surface area contributed by atoms with Crippen LogP contribution in [0.2, 0.25) is 0 Å². The Morgan fingerprint density at radius 3 is 2.28 bits per heavy atom. The molecule has 0 aliphatic carbocycles. The molecule has 0 spiro atoms. The molecule has 0 radical (unpaired) electrons. The van der Waals surface area contributed by atoms with Crippen molar-refractivity contribution in [1.29, 1.82) is 0 Å². The number of ether oxygens (including phenoxy) is 2. The number of hydrogen-bond acceptors (Lipinski definition) is 6. The predicted molar refractivity (Wildman–Crippen MR) is 110 cm³/mol. The van der Waals surface area contributed by atoms with Crippen molar-refractivity contribution in [2.24, 2.45) is 0 Å². The number of carbonyl (C=O) groups excluding carboxylic acids is 2. The second-order valence-corrected chi connectivity index (χ2v) is 7.99. The van der Waals surface area contributed by atoms with Gasteiger partial charge in [0.05, 0.1) is 6.61 Å². The fraction of sp³-hybridized carbons (Fsp3) is 0.300. The van der Waals surface area contributed by atoms with Crippen LogP contribution in [-0.2, 0) is 30.2 Å². The summed E-state index contributed by atoms with van der Waals surface area (Å²) >= 11 is 5.70. The van der Waals surface area contributed by atoms with E-state index in [0.29, 0.717) is 12.2 Å². The predicted octanol–water partition coefficient (Wildman–Crippen LogP) is 4.37. The van der Waals surface area contributed by atoms with Crippen LogP contribution in [0.4, 0.5) is 0 Å². The van der Waals surface area contributed by atoms with Gasteiger partial charge in [-0.2, -0.15) is 0 Å². The molecule has 0 saturated carbocycles. The molecule has 0 heterocycles. The molecule has 156 valence electrons. The maximum atomic E-state index is 12.2. The third-order valence-electron chi connectivity index (χ3n) is 3.83. The summed E-state index contributed by atoms with van der Waals surface area (Å²) in [5.41, 5.74) is 0.899. The van der Waals surface area contributed by atoms with Gasteiger partial charge in [0.15, 0.2) is 0 Å². The van der Waals surface area contributed by atoms with E-state index in [1.54, 1.807) is 30.3 Å². The molecule has 29 heavy (non-hydrogen) atoms. The van der Waals surface area contributed by atoms with Crippen LogP contribution in [0, 0.1) is 0 Å². The van der Waals surface area contributed by atoms with E-state index in [1.165, 1.54) is 6.92 Å². The summed E-state index contributed by atoms with van der Waals surface area (Å²) in [6.07, 6.45) is 0.423. The first kappa shape index (κ1) is 22.9. The van der Waals surface area contributed by atoms with Crippen molar-refractivity contribution in [3.8, 4) is 5.75 Å². The molecular weight excluding hydrogens is 417 g/mol. The molecule has 0 aliphatic heterocycles. The molecule has 2 aromatic carbocycles. The lowest BCUT2D eigenvalue weighted by molar-refractivity contribution is -0.155. The highest BCUT2D eigenvalue weighted by Crippen LogP contribution is 2.35. The van der Waals surface area contributed by atoms with Gasteiger partial charge in [-0.25, -0.2) is 0 Å². The van der Waals surface area contributed by atoms with Gasteiger partial charge in [-0.15, -0.1) is 0 Å². The topological polar surface area (TPSA) is 82.1 Å². The number of carbonyl (C=O) groups is 2. The van der Waals surface area contributed by atoms with Crippen molar-refractivity contribution in [2.75, 3.05) is 6.61 Å². The summed E-state index contributed by atoms with van der Waals surface area (Å²) in [7, 11) is -2.83. The van der Waals surface area contributed by atoms with Crippen molar-refractivity contribution in [3.05, 3.63) is 66.2 Å². The molecule has 0 bridgehead atoms. The molecular formula is C20H23ClNO6P. The number of nitrogens with zero attached hydrogens (tertiary/aromatic N) is 1. The first-order valence-electron chi connectivity index (χ1n) is 9.05. The summed E-state index contributed by atoms with van der Waals surface area (Å²) in [5, 5.41) is 0. The summed E-state index contributed by atoms with van der Waals surface area (Å²) in [5.74, 6) is -0.636. The van der Waals surface area contributed by atoms with Crippen LogP contribution in [0.25, 0.3) is 0 Å². The Bertz CT molecular complexity index is 805. The van der Waals surface area contributed by atoms with Gasteiger partial charge in [0.2, 0.25) is 0 Å². The maximum Gasteiger partial charge on any atom is 0.327 e. The Balaban J connectivity index is 1.71. The minimum Gasteiger partial charge on any atom is -0.464 e. The zero-order valence-corrected chi connectivity index (χ0v) is 17.7. The highest BCUT2D eigenvalue weighted by molar-refractivity contribution is 7.71. The van der Waals surface area contributed by atoms with Crippen LogP contribution < -0.4 is 4.84 Å². The summed E-state index contributed by atoms with van der Waals surface area (Å²) in [6, 6.07) is 16.9.